The molecule has 0 bridgehead atoms. The van der Waals surface area contributed by atoms with E-state index in [1.807, 2.05) is 0 Å². The molecular weight excluding hydrogens is 176 g/mol. The molecule has 1 atom stereocenters. The van der Waals surface area contributed by atoms with E-state index in [9.17, 15) is 8.42 Å². The van der Waals surface area contributed by atoms with Gasteiger partial charge in [0, 0.05) is 17.7 Å². The lowest BCUT2D eigenvalue weighted by Gasteiger charge is -2.05. The summed E-state index contributed by atoms with van der Waals surface area (Å²) < 4.78 is 21.2. The minimum absolute atomic E-state index is 0.353. The second kappa shape index (κ2) is 2.39. The number of likely N-dealkylation sites (N-methyl/N-ethyl adjacent to an activating group) is 1. The Morgan fingerprint density at radius 1 is 1.80 bits per heavy atom. The molecule has 58 valence electrons. The van der Waals surface area contributed by atoms with Crippen LogP contribution in [0.15, 0.2) is 4.99 Å². The second-order valence-electron chi connectivity index (χ2n) is 2.13. The lowest BCUT2D eigenvalue weighted by molar-refractivity contribution is 0.535. The summed E-state index contributed by atoms with van der Waals surface area (Å²) in [5.74, 6) is 0. The van der Waals surface area contributed by atoms with Crippen molar-refractivity contribution >= 4 is 26.1 Å². The lowest BCUT2D eigenvalue weighted by Crippen LogP contribution is -2.22. The van der Waals surface area contributed by atoms with Crippen LogP contribution in [-0.2, 0) is 9.05 Å². The molecule has 10 heavy (non-hydrogen) atoms. The molecule has 1 aliphatic rings. The van der Waals surface area contributed by atoms with E-state index in [4.69, 9.17) is 10.7 Å². The molecule has 0 fully saturated rings. The van der Waals surface area contributed by atoms with Gasteiger partial charge in [-0.2, -0.15) is 0 Å². The quantitative estimate of drug-likeness (QED) is 0.531. The topological polar surface area (TPSA) is 49.7 Å². The first-order valence-corrected chi connectivity index (χ1v) is 5.04. The highest BCUT2D eigenvalue weighted by Gasteiger charge is 2.26. The molecule has 0 aromatic carbocycles. The van der Waals surface area contributed by atoms with Crippen molar-refractivity contribution in [2.45, 2.75) is 5.37 Å². The van der Waals surface area contributed by atoms with Crippen molar-refractivity contribution in [3.8, 4) is 0 Å². The molecule has 6 heteroatoms. The van der Waals surface area contributed by atoms with Crippen molar-refractivity contribution in [2.24, 2.45) is 4.99 Å². The summed E-state index contributed by atoms with van der Waals surface area (Å²) >= 11 is 0. The van der Waals surface area contributed by atoms with Crippen LogP contribution in [0.1, 0.15) is 0 Å². The third-order valence-electron chi connectivity index (χ3n) is 1.20. The third kappa shape index (κ3) is 1.60. The number of hydrogen-bond acceptors (Lipinski definition) is 4. The van der Waals surface area contributed by atoms with E-state index in [0.717, 1.165) is 0 Å². The predicted molar refractivity (Wildman–Crippen MR) is 39.7 cm³/mol. The van der Waals surface area contributed by atoms with Gasteiger partial charge in [0.25, 0.3) is 9.05 Å². The summed E-state index contributed by atoms with van der Waals surface area (Å²) in [6.45, 7) is 0.353. The highest BCUT2D eigenvalue weighted by atomic mass is 35.7. The normalized spacial score (nSPS) is 25.8. The van der Waals surface area contributed by atoms with Crippen LogP contribution < -0.4 is 0 Å². The summed E-state index contributed by atoms with van der Waals surface area (Å²) in [5.41, 5.74) is 0. The Hall–Kier alpha value is -0.290. The van der Waals surface area contributed by atoms with Gasteiger partial charge in [0.15, 0.2) is 5.37 Å². The maximum Gasteiger partial charge on any atom is 0.257 e. The Balaban J connectivity index is 2.73. The molecule has 1 heterocycles. The van der Waals surface area contributed by atoms with E-state index in [0.29, 0.717) is 6.54 Å². The number of aliphatic imine (C=N–C) groups is 1. The maximum atomic E-state index is 10.6. The van der Waals surface area contributed by atoms with E-state index in [2.05, 4.69) is 4.99 Å². The van der Waals surface area contributed by atoms with Gasteiger partial charge in [0.2, 0.25) is 0 Å². The zero-order chi connectivity index (χ0) is 7.78. The molecule has 1 aliphatic heterocycles. The molecule has 0 radical (unpaired) electrons. The summed E-state index contributed by atoms with van der Waals surface area (Å²) in [4.78, 5) is 5.34. The maximum absolute atomic E-state index is 10.6. The Morgan fingerprint density at radius 3 is 2.60 bits per heavy atom. The van der Waals surface area contributed by atoms with Crippen molar-refractivity contribution in [1.82, 2.24) is 4.90 Å². The number of hydrogen-bond donors (Lipinski definition) is 0. The molecule has 1 unspecified atom stereocenters. The molecule has 0 saturated heterocycles. The van der Waals surface area contributed by atoms with Gasteiger partial charge >= 0.3 is 0 Å². The minimum Gasteiger partial charge on any atom is -0.363 e. The van der Waals surface area contributed by atoms with Crippen molar-refractivity contribution < 1.29 is 8.42 Å². The van der Waals surface area contributed by atoms with Crippen LogP contribution in [0.25, 0.3) is 0 Å². The van der Waals surface area contributed by atoms with Crippen LogP contribution >= 0.6 is 10.7 Å². The molecule has 4 nitrogen and oxygen atoms in total. The highest BCUT2D eigenvalue weighted by molar-refractivity contribution is 8.14. The Labute approximate surface area is 63.9 Å². The average molecular weight is 183 g/mol. The monoisotopic (exact) mass is 182 g/mol. The first-order chi connectivity index (χ1) is 4.50. The summed E-state index contributed by atoms with van der Waals surface area (Å²) in [7, 11) is 3.28. The van der Waals surface area contributed by atoms with E-state index in [1.165, 1.54) is 6.34 Å². The van der Waals surface area contributed by atoms with Gasteiger partial charge in [0.1, 0.15) is 0 Å². The first-order valence-electron chi connectivity index (χ1n) is 2.67. The van der Waals surface area contributed by atoms with E-state index in [1.54, 1.807) is 11.9 Å². The molecule has 0 saturated carbocycles. The molecule has 0 amide bonds. The number of nitrogens with zero attached hydrogens (tertiary/aromatic N) is 2. The van der Waals surface area contributed by atoms with Crippen LogP contribution in [0.5, 0.6) is 0 Å². The van der Waals surface area contributed by atoms with Crippen LogP contribution in [0.2, 0.25) is 0 Å². The third-order valence-corrected chi connectivity index (χ3v) is 2.74. The Bertz CT molecular complexity index is 248. The fourth-order valence-corrected chi connectivity index (χ4v) is 1.61. The molecule has 0 aromatic rings. The fourth-order valence-electron chi connectivity index (χ4n) is 0.691. The highest BCUT2D eigenvalue weighted by Crippen LogP contribution is 2.12. The first kappa shape index (κ1) is 7.81. The van der Waals surface area contributed by atoms with Gasteiger partial charge in [-0.15, -0.1) is 0 Å². The second-order valence-corrected chi connectivity index (χ2v) is 4.92. The molecule has 0 aromatic heterocycles. The standard InChI is InChI=1S/C4H7ClN2O2S/c1-7-2-4(6-3-7)10(5,8)9/h3-4H,2H2,1H3. The van der Waals surface area contributed by atoms with Crippen LogP contribution in [0, 0.1) is 0 Å². The predicted octanol–water partition coefficient (Wildman–Crippen LogP) is -0.145. The van der Waals surface area contributed by atoms with Crippen molar-refractivity contribution in [3.63, 3.8) is 0 Å². The van der Waals surface area contributed by atoms with Crippen LogP contribution in [-0.4, -0.2) is 38.6 Å². The molecule has 0 aliphatic carbocycles. The van der Waals surface area contributed by atoms with E-state index < -0.39 is 14.4 Å². The summed E-state index contributed by atoms with van der Waals surface area (Å²) in [6.07, 6.45) is 1.46. The minimum atomic E-state index is -3.50. The van der Waals surface area contributed by atoms with Gasteiger partial charge in [-0.25, -0.2) is 8.42 Å². The Kier molecular flexibility index (Phi) is 1.87. The SMILES string of the molecule is CN1C=NC(S(=O)(=O)Cl)C1. The summed E-state index contributed by atoms with van der Waals surface area (Å²) in [6, 6.07) is 0. The Morgan fingerprint density at radius 2 is 2.40 bits per heavy atom. The molecule has 0 spiro atoms. The van der Waals surface area contributed by atoms with Gasteiger partial charge < -0.3 is 4.90 Å². The largest absolute Gasteiger partial charge is 0.363 e. The number of rotatable bonds is 1. The van der Waals surface area contributed by atoms with E-state index >= 15 is 0 Å². The molecule has 1 rings (SSSR count). The van der Waals surface area contributed by atoms with Gasteiger partial charge in [-0.1, -0.05) is 0 Å². The van der Waals surface area contributed by atoms with Crippen molar-refractivity contribution in [1.29, 1.82) is 0 Å². The molecular formula is C4H7ClN2O2S. The van der Waals surface area contributed by atoms with Gasteiger partial charge in [0.05, 0.1) is 12.9 Å². The lowest BCUT2D eigenvalue weighted by atomic mass is 10.6. The van der Waals surface area contributed by atoms with Gasteiger partial charge in [-0.3, -0.25) is 4.99 Å². The number of halogens is 1. The van der Waals surface area contributed by atoms with Crippen molar-refractivity contribution in [2.75, 3.05) is 13.6 Å². The van der Waals surface area contributed by atoms with Crippen LogP contribution in [0.4, 0.5) is 0 Å². The average Bonchev–Trinajstić information content (AvgIpc) is 2.11. The zero-order valence-corrected chi connectivity index (χ0v) is 6.93. The van der Waals surface area contributed by atoms with E-state index in [-0.39, 0.29) is 0 Å². The fraction of sp³-hybridized carbons (Fsp3) is 0.750. The smallest absolute Gasteiger partial charge is 0.257 e. The molecule has 0 N–H and O–H groups in total. The van der Waals surface area contributed by atoms with Crippen molar-refractivity contribution in [3.05, 3.63) is 0 Å². The summed E-state index contributed by atoms with van der Waals surface area (Å²) in [5, 5.41) is -0.779. The van der Waals surface area contributed by atoms with Gasteiger partial charge in [-0.05, 0) is 0 Å². The zero-order valence-electron chi connectivity index (χ0n) is 5.36. The van der Waals surface area contributed by atoms with Crippen LogP contribution in [0.3, 0.4) is 0 Å².